The molecule has 4 nitrogen and oxygen atoms in total. The summed E-state index contributed by atoms with van der Waals surface area (Å²) < 4.78 is 59.7. The quantitative estimate of drug-likeness (QED) is 0.844. The first-order valence-corrected chi connectivity index (χ1v) is 7.94. The standard InChI is InChI=1S/C13H19F3N2O2S/c1-9(2)7-11(8-17)18-10-3-5-12(6-4-10)21(19,20)13(14,15)16/h3-6,9,11,18H,7-8,17H2,1-2H3. The number of hydrogen-bond acceptors (Lipinski definition) is 4. The van der Waals surface area contributed by atoms with Crippen LogP contribution in [0.15, 0.2) is 29.2 Å². The van der Waals surface area contributed by atoms with Crippen LogP contribution >= 0.6 is 0 Å². The van der Waals surface area contributed by atoms with E-state index < -0.39 is 20.2 Å². The molecule has 0 heterocycles. The largest absolute Gasteiger partial charge is 0.501 e. The summed E-state index contributed by atoms with van der Waals surface area (Å²) in [4.78, 5) is -0.770. The predicted octanol–water partition coefficient (Wildman–Crippen LogP) is 2.77. The molecule has 0 radical (unpaired) electrons. The van der Waals surface area contributed by atoms with Crippen molar-refractivity contribution in [3.05, 3.63) is 24.3 Å². The number of rotatable bonds is 6. The van der Waals surface area contributed by atoms with E-state index in [0.29, 0.717) is 18.2 Å². The molecule has 0 saturated carbocycles. The van der Waals surface area contributed by atoms with Gasteiger partial charge in [-0.3, -0.25) is 0 Å². The Labute approximate surface area is 122 Å². The van der Waals surface area contributed by atoms with Gasteiger partial charge in [0.05, 0.1) is 4.90 Å². The van der Waals surface area contributed by atoms with Crippen LogP contribution in [0.4, 0.5) is 18.9 Å². The number of anilines is 1. The molecular weight excluding hydrogens is 305 g/mol. The molecule has 1 aromatic rings. The van der Waals surface area contributed by atoms with E-state index in [2.05, 4.69) is 5.32 Å². The van der Waals surface area contributed by atoms with E-state index in [-0.39, 0.29) is 6.04 Å². The van der Waals surface area contributed by atoms with Gasteiger partial charge >= 0.3 is 5.51 Å². The first kappa shape index (κ1) is 17.8. The highest BCUT2D eigenvalue weighted by Gasteiger charge is 2.46. The summed E-state index contributed by atoms with van der Waals surface area (Å²) in [6.07, 6.45) is 0.805. The Kier molecular flexibility index (Phi) is 5.63. The Balaban J connectivity index is 2.88. The monoisotopic (exact) mass is 324 g/mol. The maximum Gasteiger partial charge on any atom is 0.501 e. The van der Waals surface area contributed by atoms with E-state index in [1.54, 1.807) is 0 Å². The fourth-order valence-electron chi connectivity index (χ4n) is 1.88. The second-order valence-electron chi connectivity index (χ2n) is 5.18. The van der Waals surface area contributed by atoms with Gasteiger partial charge in [0.1, 0.15) is 0 Å². The molecule has 1 atom stereocenters. The van der Waals surface area contributed by atoms with Crippen molar-refractivity contribution >= 4 is 15.5 Å². The Bertz CT molecular complexity index is 554. The molecule has 0 aliphatic carbocycles. The molecule has 8 heteroatoms. The fraction of sp³-hybridized carbons (Fsp3) is 0.538. The molecule has 0 spiro atoms. The second-order valence-corrected chi connectivity index (χ2v) is 7.12. The van der Waals surface area contributed by atoms with Crippen molar-refractivity contribution < 1.29 is 21.6 Å². The van der Waals surface area contributed by atoms with Gasteiger partial charge < -0.3 is 11.1 Å². The molecule has 1 rings (SSSR count). The van der Waals surface area contributed by atoms with Crippen LogP contribution in [0.5, 0.6) is 0 Å². The van der Waals surface area contributed by atoms with Gasteiger partial charge in [0.2, 0.25) is 0 Å². The van der Waals surface area contributed by atoms with Crippen molar-refractivity contribution in [1.29, 1.82) is 0 Å². The van der Waals surface area contributed by atoms with Crippen LogP contribution in [0, 0.1) is 5.92 Å². The zero-order valence-corrected chi connectivity index (χ0v) is 12.6. The van der Waals surface area contributed by atoms with Crippen LogP contribution in [-0.4, -0.2) is 26.5 Å². The van der Waals surface area contributed by atoms with Crippen LogP contribution < -0.4 is 11.1 Å². The maximum absolute atomic E-state index is 12.4. The van der Waals surface area contributed by atoms with Gasteiger partial charge in [-0.2, -0.15) is 13.2 Å². The zero-order valence-electron chi connectivity index (χ0n) is 11.8. The molecule has 21 heavy (non-hydrogen) atoms. The Morgan fingerprint density at radius 2 is 1.71 bits per heavy atom. The Hall–Kier alpha value is -1.28. The smallest absolute Gasteiger partial charge is 0.381 e. The average Bonchev–Trinajstić information content (AvgIpc) is 2.36. The van der Waals surface area contributed by atoms with Gasteiger partial charge in [0.15, 0.2) is 0 Å². The Morgan fingerprint density at radius 3 is 2.10 bits per heavy atom. The molecule has 3 N–H and O–H groups in total. The lowest BCUT2D eigenvalue weighted by Crippen LogP contribution is -2.30. The lowest BCUT2D eigenvalue weighted by molar-refractivity contribution is -0.0436. The molecular formula is C13H19F3N2O2S. The molecule has 0 aromatic heterocycles. The van der Waals surface area contributed by atoms with Crippen LogP contribution in [-0.2, 0) is 9.84 Å². The number of hydrogen-bond donors (Lipinski definition) is 2. The molecule has 0 aliphatic rings. The minimum Gasteiger partial charge on any atom is -0.381 e. The molecule has 0 aliphatic heterocycles. The third-order valence-corrected chi connectivity index (χ3v) is 4.38. The SMILES string of the molecule is CC(C)CC(CN)Nc1ccc(S(=O)(=O)C(F)(F)F)cc1. The van der Waals surface area contributed by atoms with Crippen LogP contribution in [0.2, 0.25) is 0 Å². The zero-order chi connectivity index (χ0) is 16.3. The van der Waals surface area contributed by atoms with E-state index >= 15 is 0 Å². The van der Waals surface area contributed by atoms with Gasteiger partial charge in [0.25, 0.3) is 9.84 Å². The summed E-state index contributed by atoms with van der Waals surface area (Å²) in [5.74, 6) is 0.413. The third-order valence-electron chi connectivity index (χ3n) is 2.88. The molecule has 120 valence electrons. The molecule has 1 unspecified atom stereocenters. The third kappa shape index (κ3) is 4.60. The van der Waals surface area contributed by atoms with E-state index in [4.69, 9.17) is 5.73 Å². The van der Waals surface area contributed by atoms with E-state index in [1.807, 2.05) is 13.8 Å². The van der Waals surface area contributed by atoms with E-state index in [9.17, 15) is 21.6 Å². The number of benzene rings is 1. The summed E-state index contributed by atoms with van der Waals surface area (Å²) in [7, 11) is -5.30. The summed E-state index contributed by atoms with van der Waals surface area (Å²) in [5.41, 5.74) is 0.860. The first-order valence-electron chi connectivity index (χ1n) is 6.46. The maximum atomic E-state index is 12.4. The first-order chi connectivity index (χ1) is 9.57. The normalized spacial score (nSPS) is 14.2. The number of halogens is 3. The summed E-state index contributed by atoms with van der Waals surface area (Å²) in [5, 5.41) is 3.08. The lowest BCUT2D eigenvalue weighted by Gasteiger charge is -2.20. The summed E-state index contributed by atoms with van der Waals surface area (Å²) in [6, 6.07) is 4.47. The molecule has 0 bridgehead atoms. The van der Waals surface area contributed by atoms with Gasteiger partial charge in [-0.05, 0) is 36.6 Å². The number of nitrogens with two attached hydrogens (primary N) is 1. The molecule has 0 fully saturated rings. The minimum absolute atomic E-state index is 0.0185. The summed E-state index contributed by atoms with van der Waals surface area (Å²) >= 11 is 0. The van der Waals surface area contributed by atoms with Crippen molar-refractivity contribution in [1.82, 2.24) is 0 Å². The summed E-state index contributed by atoms with van der Waals surface area (Å²) in [6.45, 7) is 4.44. The van der Waals surface area contributed by atoms with Crippen molar-refractivity contribution in [2.24, 2.45) is 11.7 Å². The highest BCUT2D eigenvalue weighted by Crippen LogP contribution is 2.30. The molecule has 1 aromatic carbocycles. The van der Waals surface area contributed by atoms with Crippen LogP contribution in [0.25, 0.3) is 0 Å². The van der Waals surface area contributed by atoms with Crippen LogP contribution in [0.1, 0.15) is 20.3 Å². The Morgan fingerprint density at radius 1 is 1.19 bits per heavy atom. The number of nitrogens with one attached hydrogen (secondary N) is 1. The van der Waals surface area contributed by atoms with Crippen molar-refractivity contribution in [2.75, 3.05) is 11.9 Å². The van der Waals surface area contributed by atoms with Crippen molar-refractivity contribution in [3.63, 3.8) is 0 Å². The lowest BCUT2D eigenvalue weighted by atomic mass is 10.0. The highest BCUT2D eigenvalue weighted by atomic mass is 32.2. The molecule has 0 amide bonds. The number of sulfone groups is 1. The number of alkyl halides is 3. The van der Waals surface area contributed by atoms with E-state index in [1.165, 1.54) is 12.1 Å². The fourth-order valence-corrected chi connectivity index (χ4v) is 2.64. The minimum atomic E-state index is -5.30. The second kappa shape index (κ2) is 6.65. The van der Waals surface area contributed by atoms with E-state index in [0.717, 1.165) is 18.6 Å². The van der Waals surface area contributed by atoms with Crippen molar-refractivity contribution in [2.45, 2.75) is 36.7 Å². The van der Waals surface area contributed by atoms with Crippen molar-refractivity contribution in [3.8, 4) is 0 Å². The predicted molar refractivity (Wildman–Crippen MR) is 75.6 cm³/mol. The average molecular weight is 324 g/mol. The van der Waals surface area contributed by atoms with Gasteiger partial charge in [0, 0.05) is 18.3 Å². The van der Waals surface area contributed by atoms with Gasteiger partial charge in [-0.15, -0.1) is 0 Å². The highest BCUT2D eigenvalue weighted by molar-refractivity contribution is 7.92. The van der Waals surface area contributed by atoms with Gasteiger partial charge in [-0.1, -0.05) is 13.8 Å². The topological polar surface area (TPSA) is 72.2 Å². The molecule has 0 saturated heterocycles. The van der Waals surface area contributed by atoms with Crippen LogP contribution in [0.3, 0.4) is 0 Å². The van der Waals surface area contributed by atoms with Gasteiger partial charge in [-0.25, -0.2) is 8.42 Å².